The van der Waals surface area contributed by atoms with Crippen LogP contribution in [0.25, 0.3) is 0 Å². The van der Waals surface area contributed by atoms with Crippen molar-refractivity contribution in [1.82, 2.24) is 0 Å². The Morgan fingerprint density at radius 2 is 1.78 bits per heavy atom. The maximum absolute atomic E-state index is 11.8. The summed E-state index contributed by atoms with van der Waals surface area (Å²) in [5.74, 6) is -0.762. The lowest BCUT2D eigenvalue weighted by atomic mass is 10.1. The Morgan fingerprint density at radius 1 is 1.07 bits per heavy atom. The molecular weight excluding hydrogens is 372 g/mol. The number of nitrogens with two attached hydrogens (primary N) is 1. The van der Waals surface area contributed by atoms with Crippen LogP contribution >= 0.6 is 0 Å². The SMILES string of the molecule is Cc1cccc(OCC(=O)OCC(=O)Nc2cccc(S(N)(=O)=O)c2)c1C. The highest BCUT2D eigenvalue weighted by Gasteiger charge is 2.12. The van der Waals surface area contributed by atoms with Gasteiger partial charge in [-0.15, -0.1) is 0 Å². The van der Waals surface area contributed by atoms with E-state index in [9.17, 15) is 18.0 Å². The van der Waals surface area contributed by atoms with Crippen LogP contribution in [0.5, 0.6) is 5.75 Å². The number of carbonyl (C=O) groups is 2. The average molecular weight is 392 g/mol. The van der Waals surface area contributed by atoms with Crippen LogP contribution in [0, 0.1) is 13.8 Å². The van der Waals surface area contributed by atoms with E-state index in [0.29, 0.717) is 5.75 Å². The molecule has 0 atom stereocenters. The molecule has 3 N–H and O–H groups in total. The molecule has 1 amide bonds. The van der Waals surface area contributed by atoms with Gasteiger partial charge in [0.1, 0.15) is 5.75 Å². The molecule has 2 aromatic carbocycles. The van der Waals surface area contributed by atoms with E-state index in [1.54, 1.807) is 6.07 Å². The van der Waals surface area contributed by atoms with E-state index in [4.69, 9.17) is 14.6 Å². The monoisotopic (exact) mass is 392 g/mol. The maximum Gasteiger partial charge on any atom is 0.344 e. The summed E-state index contributed by atoms with van der Waals surface area (Å²) in [6.45, 7) is 2.93. The summed E-state index contributed by atoms with van der Waals surface area (Å²) in [4.78, 5) is 23.4. The van der Waals surface area contributed by atoms with Crippen LogP contribution < -0.4 is 15.2 Å². The van der Waals surface area contributed by atoms with Crippen LogP contribution in [0.2, 0.25) is 0 Å². The largest absolute Gasteiger partial charge is 0.482 e. The number of hydrogen-bond donors (Lipinski definition) is 2. The molecule has 0 heterocycles. The molecule has 27 heavy (non-hydrogen) atoms. The van der Waals surface area contributed by atoms with E-state index in [1.165, 1.54) is 24.3 Å². The first-order valence-corrected chi connectivity index (χ1v) is 9.49. The molecule has 0 radical (unpaired) electrons. The number of ether oxygens (including phenoxy) is 2. The molecule has 0 saturated heterocycles. The van der Waals surface area contributed by atoms with Gasteiger partial charge >= 0.3 is 5.97 Å². The normalized spacial score (nSPS) is 10.9. The molecule has 2 rings (SSSR count). The lowest BCUT2D eigenvalue weighted by Gasteiger charge is -2.11. The Bertz CT molecular complexity index is 956. The van der Waals surface area contributed by atoms with Crippen LogP contribution in [-0.4, -0.2) is 33.5 Å². The quantitative estimate of drug-likeness (QED) is 0.688. The second-order valence-corrected chi connectivity index (χ2v) is 7.33. The second-order valence-electron chi connectivity index (χ2n) is 5.77. The van der Waals surface area contributed by atoms with Gasteiger partial charge in [-0.1, -0.05) is 18.2 Å². The second kappa shape index (κ2) is 8.65. The first-order chi connectivity index (χ1) is 12.7. The van der Waals surface area contributed by atoms with Crippen LogP contribution in [-0.2, 0) is 24.3 Å². The Hall–Kier alpha value is -2.91. The predicted octanol–water partition coefficient (Wildman–Crippen LogP) is 1.51. The molecule has 0 spiro atoms. The summed E-state index contributed by atoms with van der Waals surface area (Å²) in [6.07, 6.45) is 0. The summed E-state index contributed by atoms with van der Waals surface area (Å²) >= 11 is 0. The fourth-order valence-electron chi connectivity index (χ4n) is 2.15. The van der Waals surface area contributed by atoms with Crippen LogP contribution in [0.4, 0.5) is 5.69 Å². The van der Waals surface area contributed by atoms with Crippen molar-refractivity contribution >= 4 is 27.6 Å². The molecule has 0 aliphatic carbocycles. The first-order valence-electron chi connectivity index (χ1n) is 7.94. The molecule has 8 nitrogen and oxygen atoms in total. The molecule has 9 heteroatoms. The standard InChI is InChI=1S/C18H20N2O6S/c1-12-5-3-8-16(13(12)2)25-11-18(22)26-10-17(21)20-14-6-4-7-15(9-14)27(19,23)24/h3-9H,10-11H2,1-2H3,(H,20,21)(H2,19,23,24). The molecule has 0 aliphatic heterocycles. The number of hydrogen-bond acceptors (Lipinski definition) is 6. The molecule has 0 unspecified atom stereocenters. The van der Waals surface area contributed by atoms with Gasteiger partial charge in [-0.3, -0.25) is 4.79 Å². The Balaban J connectivity index is 1.83. The zero-order valence-corrected chi connectivity index (χ0v) is 15.7. The van der Waals surface area contributed by atoms with Crippen molar-refractivity contribution in [2.75, 3.05) is 18.5 Å². The molecule has 144 valence electrons. The van der Waals surface area contributed by atoms with Crippen molar-refractivity contribution in [3.63, 3.8) is 0 Å². The van der Waals surface area contributed by atoms with E-state index >= 15 is 0 Å². The van der Waals surface area contributed by atoms with E-state index in [0.717, 1.165) is 11.1 Å². The molecular formula is C18H20N2O6S. The van der Waals surface area contributed by atoms with Crippen molar-refractivity contribution in [2.24, 2.45) is 5.14 Å². The van der Waals surface area contributed by atoms with Gasteiger partial charge in [0.05, 0.1) is 4.90 Å². The summed E-state index contributed by atoms with van der Waals surface area (Å²) in [5, 5.41) is 7.46. The fourth-order valence-corrected chi connectivity index (χ4v) is 2.71. The number of sulfonamides is 1. The topological polar surface area (TPSA) is 125 Å². The smallest absolute Gasteiger partial charge is 0.344 e. The molecule has 0 saturated carbocycles. The van der Waals surface area contributed by atoms with Crippen LogP contribution in [0.1, 0.15) is 11.1 Å². The Labute approximate surface area is 157 Å². The zero-order valence-electron chi connectivity index (χ0n) is 14.9. The fraction of sp³-hybridized carbons (Fsp3) is 0.222. The third-order valence-electron chi connectivity index (χ3n) is 3.71. The minimum absolute atomic E-state index is 0.140. The number of nitrogens with one attached hydrogen (secondary N) is 1. The number of amides is 1. The summed E-state index contributed by atoms with van der Waals surface area (Å²) < 4.78 is 32.8. The lowest BCUT2D eigenvalue weighted by molar-refractivity contribution is -0.149. The van der Waals surface area contributed by atoms with Gasteiger partial charge in [-0.25, -0.2) is 18.4 Å². The average Bonchev–Trinajstić information content (AvgIpc) is 2.61. The minimum Gasteiger partial charge on any atom is -0.482 e. The van der Waals surface area contributed by atoms with Gasteiger partial charge in [0.25, 0.3) is 5.91 Å². The summed E-state index contributed by atoms with van der Waals surface area (Å²) in [5.41, 5.74) is 2.16. The van der Waals surface area contributed by atoms with Gasteiger partial charge < -0.3 is 14.8 Å². The number of esters is 1. The van der Waals surface area contributed by atoms with Gasteiger partial charge in [0, 0.05) is 5.69 Å². The lowest BCUT2D eigenvalue weighted by Crippen LogP contribution is -2.24. The van der Waals surface area contributed by atoms with E-state index < -0.39 is 28.5 Å². The van der Waals surface area contributed by atoms with Crippen molar-refractivity contribution in [3.8, 4) is 5.75 Å². The molecule has 0 aromatic heterocycles. The number of rotatable bonds is 7. The number of anilines is 1. The van der Waals surface area contributed by atoms with E-state index in [2.05, 4.69) is 5.32 Å². The number of carbonyl (C=O) groups excluding carboxylic acids is 2. The Morgan fingerprint density at radius 3 is 2.48 bits per heavy atom. The highest BCUT2D eigenvalue weighted by Crippen LogP contribution is 2.20. The van der Waals surface area contributed by atoms with Gasteiger partial charge in [0.15, 0.2) is 13.2 Å². The van der Waals surface area contributed by atoms with E-state index in [-0.39, 0.29) is 17.2 Å². The Kier molecular flexibility index (Phi) is 6.54. The number of aryl methyl sites for hydroxylation is 1. The molecule has 2 aromatic rings. The highest BCUT2D eigenvalue weighted by atomic mass is 32.2. The van der Waals surface area contributed by atoms with Crippen molar-refractivity contribution in [2.45, 2.75) is 18.7 Å². The van der Waals surface area contributed by atoms with Gasteiger partial charge in [-0.05, 0) is 49.2 Å². The number of primary sulfonamides is 1. The van der Waals surface area contributed by atoms with Crippen LogP contribution in [0.3, 0.4) is 0 Å². The first kappa shape index (κ1) is 20.4. The maximum atomic E-state index is 11.8. The zero-order chi connectivity index (χ0) is 20.0. The molecule has 0 bridgehead atoms. The summed E-state index contributed by atoms with van der Waals surface area (Å²) in [7, 11) is -3.88. The van der Waals surface area contributed by atoms with Crippen molar-refractivity contribution in [1.29, 1.82) is 0 Å². The molecule has 0 fully saturated rings. The van der Waals surface area contributed by atoms with Crippen molar-refractivity contribution in [3.05, 3.63) is 53.6 Å². The predicted molar refractivity (Wildman–Crippen MR) is 98.8 cm³/mol. The van der Waals surface area contributed by atoms with Gasteiger partial charge in [0.2, 0.25) is 10.0 Å². The van der Waals surface area contributed by atoms with Crippen molar-refractivity contribution < 1.29 is 27.5 Å². The summed E-state index contributed by atoms with van der Waals surface area (Å²) in [6, 6.07) is 10.9. The number of benzene rings is 2. The third kappa shape index (κ3) is 6.08. The third-order valence-corrected chi connectivity index (χ3v) is 4.62. The highest BCUT2D eigenvalue weighted by molar-refractivity contribution is 7.89. The van der Waals surface area contributed by atoms with Gasteiger partial charge in [-0.2, -0.15) is 0 Å². The minimum atomic E-state index is -3.88. The van der Waals surface area contributed by atoms with E-state index in [1.807, 2.05) is 26.0 Å². The molecule has 0 aliphatic rings. The van der Waals surface area contributed by atoms with Crippen LogP contribution in [0.15, 0.2) is 47.4 Å².